The summed E-state index contributed by atoms with van der Waals surface area (Å²) in [5.41, 5.74) is -0.415. The summed E-state index contributed by atoms with van der Waals surface area (Å²) in [5.74, 6) is 0.443. The van der Waals surface area contributed by atoms with Gasteiger partial charge < -0.3 is 0 Å². The lowest BCUT2D eigenvalue weighted by atomic mass is 9.87. The topological polar surface area (TPSA) is 3.24 Å². The monoisotopic (exact) mass is 293 g/mol. The first-order valence-corrected chi connectivity index (χ1v) is 7.78. The minimum atomic E-state index is -4.16. The summed E-state index contributed by atoms with van der Waals surface area (Å²) >= 11 is 0. The van der Waals surface area contributed by atoms with E-state index in [4.69, 9.17) is 0 Å². The molecule has 0 aliphatic heterocycles. The molecule has 1 atom stereocenters. The predicted octanol–water partition coefficient (Wildman–Crippen LogP) is 5.11. The Morgan fingerprint density at radius 1 is 1.05 bits per heavy atom. The lowest BCUT2D eigenvalue weighted by molar-refractivity contribution is -0.210. The van der Waals surface area contributed by atoms with E-state index in [1.54, 1.807) is 18.7 Å². The van der Waals surface area contributed by atoms with Crippen molar-refractivity contribution in [1.29, 1.82) is 0 Å². The zero-order valence-corrected chi connectivity index (χ0v) is 13.7. The number of rotatable bonds is 7. The Labute approximate surface area is 121 Å². The normalized spacial score (nSPS) is 19.2. The summed E-state index contributed by atoms with van der Waals surface area (Å²) in [4.78, 5) is 1.75. The summed E-state index contributed by atoms with van der Waals surface area (Å²) in [7, 11) is 0. The smallest absolute Gasteiger partial charge is 0.287 e. The average molecular weight is 293 g/mol. The quantitative estimate of drug-likeness (QED) is 0.630. The third-order valence-corrected chi connectivity index (χ3v) is 4.14. The van der Waals surface area contributed by atoms with Crippen LogP contribution < -0.4 is 0 Å². The second-order valence-electron chi connectivity index (χ2n) is 7.74. The van der Waals surface area contributed by atoms with Crippen LogP contribution in [0, 0.1) is 17.8 Å². The van der Waals surface area contributed by atoms with Gasteiger partial charge in [0.1, 0.15) is 6.04 Å². The van der Waals surface area contributed by atoms with E-state index in [-0.39, 0.29) is 0 Å². The van der Waals surface area contributed by atoms with Crippen LogP contribution in [-0.4, -0.2) is 29.2 Å². The molecule has 1 fully saturated rings. The van der Waals surface area contributed by atoms with Crippen LogP contribution in [0.4, 0.5) is 13.2 Å². The molecule has 0 heterocycles. The van der Waals surface area contributed by atoms with E-state index in [0.717, 1.165) is 19.3 Å². The Morgan fingerprint density at radius 3 is 1.85 bits per heavy atom. The molecule has 0 saturated heterocycles. The zero-order valence-electron chi connectivity index (χ0n) is 13.7. The molecule has 0 radical (unpaired) electrons. The highest BCUT2D eigenvalue weighted by atomic mass is 19.4. The van der Waals surface area contributed by atoms with Crippen molar-refractivity contribution >= 4 is 0 Å². The van der Waals surface area contributed by atoms with Gasteiger partial charge in [0.15, 0.2) is 0 Å². The van der Waals surface area contributed by atoms with E-state index in [0.29, 0.717) is 18.4 Å². The molecule has 4 heteroatoms. The zero-order chi connectivity index (χ0) is 15.7. The predicted molar refractivity (Wildman–Crippen MR) is 77.6 cm³/mol. The summed E-state index contributed by atoms with van der Waals surface area (Å²) in [5, 5.41) is 0. The first kappa shape index (κ1) is 17.8. The largest absolute Gasteiger partial charge is 0.404 e. The molecule has 1 saturated carbocycles. The van der Waals surface area contributed by atoms with Crippen molar-refractivity contribution < 1.29 is 13.2 Å². The van der Waals surface area contributed by atoms with Crippen molar-refractivity contribution in [1.82, 2.24) is 4.90 Å². The van der Waals surface area contributed by atoms with E-state index in [1.807, 2.05) is 13.8 Å². The van der Waals surface area contributed by atoms with E-state index >= 15 is 0 Å². The molecule has 0 bridgehead atoms. The second-order valence-corrected chi connectivity index (χ2v) is 7.74. The maximum atomic E-state index is 13.5. The van der Waals surface area contributed by atoms with Gasteiger partial charge in [0.05, 0.1) is 0 Å². The molecule has 0 spiro atoms. The molecular weight excluding hydrogens is 263 g/mol. The third-order valence-electron chi connectivity index (χ3n) is 4.14. The molecular formula is C16H30F3N. The van der Waals surface area contributed by atoms with Crippen LogP contribution in [-0.2, 0) is 0 Å². The maximum absolute atomic E-state index is 13.5. The Bertz CT molecular complexity index is 303. The van der Waals surface area contributed by atoms with E-state index in [2.05, 4.69) is 13.8 Å². The van der Waals surface area contributed by atoms with Gasteiger partial charge in [0.2, 0.25) is 0 Å². The summed E-state index contributed by atoms with van der Waals surface area (Å²) in [6.07, 6.45) is -1.20. The Hall–Kier alpha value is -0.250. The lowest BCUT2D eigenvalue weighted by Gasteiger charge is -2.47. The van der Waals surface area contributed by atoms with E-state index in [9.17, 15) is 13.2 Å². The molecule has 0 unspecified atom stereocenters. The van der Waals surface area contributed by atoms with Gasteiger partial charge in [0.25, 0.3) is 0 Å². The first-order chi connectivity index (χ1) is 8.95. The van der Waals surface area contributed by atoms with Gasteiger partial charge in [-0.2, -0.15) is 13.2 Å². The standard InChI is InChI=1S/C16H30F3N/c1-11(2)9-15(5,6)20(10-13-7-8-13)14(12(3)4)16(17,18)19/h11-14H,7-10H2,1-6H3/t14-/m1/s1. The SMILES string of the molecule is CC(C)CC(C)(C)N(CC1CC1)[C@H](C(C)C)C(F)(F)F. The average Bonchev–Trinajstić information content (AvgIpc) is 2.95. The van der Waals surface area contributed by atoms with Gasteiger partial charge in [-0.15, -0.1) is 0 Å². The molecule has 0 N–H and O–H groups in total. The Kier molecular flexibility index (Phi) is 5.56. The van der Waals surface area contributed by atoms with Gasteiger partial charge in [-0.25, -0.2) is 0 Å². The van der Waals surface area contributed by atoms with E-state index in [1.165, 1.54) is 0 Å². The highest BCUT2D eigenvalue weighted by molar-refractivity contribution is 4.94. The molecule has 1 rings (SSSR count). The molecule has 0 aromatic rings. The summed E-state index contributed by atoms with van der Waals surface area (Å²) in [6, 6.07) is -1.34. The summed E-state index contributed by atoms with van der Waals surface area (Å²) in [6.45, 7) is 12.0. The minimum absolute atomic E-state index is 0.396. The first-order valence-electron chi connectivity index (χ1n) is 7.78. The van der Waals surface area contributed by atoms with Crippen LogP contribution >= 0.6 is 0 Å². The Balaban J connectivity index is 3.01. The van der Waals surface area contributed by atoms with Crippen LogP contribution in [0.3, 0.4) is 0 Å². The highest BCUT2D eigenvalue weighted by Gasteiger charge is 2.50. The van der Waals surface area contributed by atoms with Gasteiger partial charge in [-0.05, 0) is 50.9 Å². The van der Waals surface area contributed by atoms with Crippen LogP contribution in [0.5, 0.6) is 0 Å². The molecule has 1 aliphatic carbocycles. The fourth-order valence-corrected chi connectivity index (χ4v) is 3.35. The molecule has 1 aliphatic rings. The van der Waals surface area contributed by atoms with Gasteiger partial charge in [0, 0.05) is 12.1 Å². The maximum Gasteiger partial charge on any atom is 0.404 e. The Morgan fingerprint density at radius 2 is 1.55 bits per heavy atom. The number of hydrogen-bond donors (Lipinski definition) is 0. The van der Waals surface area contributed by atoms with Gasteiger partial charge >= 0.3 is 6.18 Å². The van der Waals surface area contributed by atoms with Crippen molar-refractivity contribution in [3.05, 3.63) is 0 Å². The summed E-state index contributed by atoms with van der Waals surface area (Å²) < 4.78 is 40.6. The number of nitrogens with zero attached hydrogens (tertiary/aromatic N) is 1. The van der Waals surface area contributed by atoms with Crippen LogP contribution in [0.15, 0.2) is 0 Å². The molecule has 120 valence electrons. The van der Waals surface area contributed by atoms with Crippen LogP contribution in [0.2, 0.25) is 0 Å². The molecule has 0 aromatic carbocycles. The van der Waals surface area contributed by atoms with Crippen LogP contribution in [0.25, 0.3) is 0 Å². The van der Waals surface area contributed by atoms with Gasteiger partial charge in [-0.1, -0.05) is 27.7 Å². The minimum Gasteiger partial charge on any atom is -0.287 e. The number of hydrogen-bond acceptors (Lipinski definition) is 1. The molecule has 1 nitrogen and oxygen atoms in total. The second kappa shape index (κ2) is 6.25. The number of alkyl halides is 3. The van der Waals surface area contributed by atoms with Crippen molar-refractivity contribution in [2.45, 2.75) is 78.6 Å². The number of halogens is 3. The van der Waals surface area contributed by atoms with E-state index < -0.39 is 23.7 Å². The van der Waals surface area contributed by atoms with Crippen molar-refractivity contribution in [2.75, 3.05) is 6.54 Å². The van der Waals surface area contributed by atoms with Crippen molar-refractivity contribution in [2.24, 2.45) is 17.8 Å². The lowest BCUT2D eigenvalue weighted by Crippen LogP contribution is -2.58. The fraction of sp³-hybridized carbons (Fsp3) is 1.00. The molecule has 20 heavy (non-hydrogen) atoms. The van der Waals surface area contributed by atoms with Crippen LogP contribution in [0.1, 0.15) is 60.8 Å². The molecule has 0 aromatic heterocycles. The molecule has 0 amide bonds. The van der Waals surface area contributed by atoms with Crippen molar-refractivity contribution in [3.8, 4) is 0 Å². The fourth-order valence-electron chi connectivity index (χ4n) is 3.35. The van der Waals surface area contributed by atoms with Gasteiger partial charge in [-0.3, -0.25) is 4.90 Å². The third kappa shape index (κ3) is 4.94. The highest BCUT2D eigenvalue weighted by Crippen LogP contribution is 2.40. The van der Waals surface area contributed by atoms with Crippen molar-refractivity contribution in [3.63, 3.8) is 0 Å².